The first-order valence-electron chi connectivity index (χ1n) is 6.33. The fraction of sp³-hybridized carbons (Fsp3) is 0.333. The highest BCUT2D eigenvalue weighted by Gasteiger charge is 2.20. The zero-order valence-electron chi connectivity index (χ0n) is 10.5. The summed E-state index contributed by atoms with van der Waals surface area (Å²) in [6, 6.07) is 12.6. The van der Waals surface area contributed by atoms with Crippen LogP contribution in [0.1, 0.15) is 29.5 Å². The zero-order chi connectivity index (χ0) is 12.4. The van der Waals surface area contributed by atoms with Crippen molar-refractivity contribution >= 4 is 0 Å². The largest absolute Gasteiger partial charge is 0.493 e. The van der Waals surface area contributed by atoms with Crippen LogP contribution in [-0.4, -0.2) is 6.61 Å². The highest BCUT2D eigenvalue weighted by molar-refractivity contribution is 5.37. The molecule has 0 spiro atoms. The van der Waals surface area contributed by atoms with Crippen molar-refractivity contribution in [1.29, 1.82) is 0 Å². The topological polar surface area (TPSA) is 34.4 Å². The molecule has 1 aromatic carbocycles. The smallest absolute Gasteiger partial charge is 0.124 e. The Bertz CT molecular complexity index is 533. The number of rotatable bonds is 3. The molecule has 0 fully saturated rings. The third kappa shape index (κ3) is 2.27. The SMILES string of the molecule is Cc1ccc(CNC2CCOc3ccccc32)o1. The first kappa shape index (κ1) is 11.4. The Morgan fingerprint density at radius 2 is 2.11 bits per heavy atom. The summed E-state index contributed by atoms with van der Waals surface area (Å²) in [7, 11) is 0. The maximum absolute atomic E-state index is 5.65. The van der Waals surface area contributed by atoms with Crippen molar-refractivity contribution in [1.82, 2.24) is 5.32 Å². The van der Waals surface area contributed by atoms with Crippen LogP contribution >= 0.6 is 0 Å². The molecule has 0 saturated heterocycles. The van der Waals surface area contributed by atoms with Gasteiger partial charge in [-0.2, -0.15) is 0 Å². The monoisotopic (exact) mass is 243 g/mol. The summed E-state index contributed by atoms with van der Waals surface area (Å²) in [6.07, 6.45) is 0.997. The number of fused-ring (bicyclic) bond motifs is 1. The first-order chi connectivity index (χ1) is 8.83. The third-order valence-corrected chi connectivity index (χ3v) is 3.28. The van der Waals surface area contributed by atoms with Gasteiger partial charge in [0.05, 0.1) is 13.2 Å². The lowest BCUT2D eigenvalue weighted by Gasteiger charge is -2.26. The van der Waals surface area contributed by atoms with Gasteiger partial charge in [-0.3, -0.25) is 0 Å². The molecule has 1 unspecified atom stereocenters. The molecule has 2 aromatic rings. The van der Waals surface area contributed by atoms with Crippen LogP contribution in [0.5, 0.6) is 5.75 Å². The van der Waals surface area contributed by atoms with Gasteiger partial charge < -0.3 is 14.5 Å². The van der Waals surface area contributed by atoms with Crippen molar-refractivity contribution in [2.75, 3.05) is 6.61 Å². The molecule has 1 atom stereocenters. The summed E-state index contributed by atoms with van der Waals surface area (Å²) in [5.74, 6) is 2.94. The molecule has 1 aromatic heterocycles. The van der Waals surface area contributed by atoms with Crippen LogP contribution in [-0.2, 0) is 6.54 Å². The molecular formula is C15H17NO2. The number of para-hydroxylation sites is 1. The van der Waals surface area contributed by atoms with Gasteiger partial charge in [0, 0.05) is 18.0 Å². The maximum Gasteiger partial charge on any atom is 0.124 e. The second-order valence-electron chi connectivity index (χ2n) is 4.62. The van der Waals surface area contributed by atoms with Gasteiger partial charge >= 0.3 is 0 Å². The molecule has 3 nitrogen and oxygen atoms in total. The number of ether oxygens (including phenoxy) is 1. The van der Waals surface area contributed by atoms with Crippen molar-refractivity contribution < 1.29 is 9.15 Å². The maximum atomic E-state index is 5.65. The van der Waals surface area contributed by atoms with Gasteiger partial charge in [0.25, 0.3) is 0 Å². The number of hydrogen-bond donors (Lipinski definition) is 1. The van der Waals surface area contributed by atoms with E-state index in [1.54, 1.807) is 0 Å². The number of aryl methyl sites for hydroxylation is 1. The van der Waals surface area contributed by atoms with Crippen LogP contribution < -0.4 is 10.1 Å². The van der Waals surface area contributed by atoms with Crippen LogP contribution in [0.3, 0.4) is 0 Å². The predicted molar refractivity (Wildman–Crippen MR) is 69.6 cm³/mol. The Morgan fingerprint density at radius 1 is 1.22 bits per heavy atom. The van der Waals surface area contributed by atoms with E-state index in [-0.39, 0.29) is 0 Å². The number of hydrogen-bond acceptors (Lipinski definition) is 3. The quantitative estimate of drug-likeness (QED) is 0.899. The third-order valence-electron chi connectivity index (χ3n) is 3.28. The lowest BCUT2D eigenvalue weighted by atomic mass is 10.0. The highest BCUT2D eigenvalue weighted by Crippen LogP contribution is 2.31. The van der Waals surface area contributed by atoms with Crippen LogP contribution in [0.2, 0.25) is 0 Å². The number of furan rings is 1. The van der Waals surface area contributed by atoms with Gasteiger partial charge in [0.2, 0.25) is 0 Å². The van der Waals surface area contributed by atoms with E-state index in [9.17, 15) is 0 Å². The minimum Gasteiger partial charge on any atom is -0.493 e. The second kappa shape index (κ2) is 4.86. The van der Waals surface area contributed by atoms with E-state index in [1.807, 2.05) is 31.2 Å². The molecule has 3 heteroatoms. The minimum absolute atomic E-state index is 0.348. The molecule has 1 N–H and O–H groups in total. The molecule has 1 aliphatic heterocycles. The van der Waals surface area contributed by atoms with Crippen molar-refractivity contribution in [2.45, 2.75) is 25.9 Å². The van der Waals surface area contributed by atoms with Crippen molar-refractivity contribution in [3.63, 3.8) is 0 Å². The minimum atomic E-state index is 0.348. The van der Waals surface area contributed by atoms with Gasteiger partial charge in [0.15, 0.2) is 0 Å². The lowest BCUT2D eigenvalue weighted by molar-refractivity contribution is 0.250. The molecular weight excluding hydrogens is 226 g/mol. The molecule has 1 aliphatic rings. The highest BCUT2D eigenvalue weighted by atomic mass is 16.5. The van der Waals surface area contributed by atoms with Gasteiger partial charge in [-0.15, -0.1) is 0 Å². The van der Waals surface area contributed by atoms with Crippen LogP contribution in [0.15, 0.2) is 40.8 Å². The van der Waals surface area contributed by atoms with E-state index in [2.05, 4.69) is 17.4 Å². The van der Waals surface area contributed by atoms with Crippen molar-refractivity contribution in [2.24, 2.45) is 0 Å². The van der Waals surface area contributed by atoms with Gasteiger partial charge in [-0.05, 0) is 25.1 Å². The Balaban J connectivity index is 1.71. The first-order valence-corrected chi connectivity index (χ1v) is 6.33. The fourth-order valence-corrected chi connectivity index (χ4v) is 2.36. The molecule has 0 aliphatic carbocycles. The predicted octanol–water partition coefficient (Wildman–Crippen LogP) is 3.20. The van der Waals surface area contributed by atoms with Crippen molar-refractivity contribution in [3.05, 3.63) is 53.5 Å². The summed E-state index contributed by atoms with van der Waals surface area (Å²) in [6.45, 7) is 3.49. The molecule has 0 radical (unpaired) electrons. The van der Waals surface area contributed by atoms with E-state index in [1.165, 1.54) is 5.56 Å². The lowest BCUT2D eigenvalue weighted by Crippen LogP contribution is -2.26. The van der Waals surface area contributed by atoms with Crippen LogP contribution in [0.4, 0.5) is 0 Å². The standard InChI is InChI=1S/C15H17NO2/c1-11-6-7-12(18-11)10-16-14-8-9-17-15-5-3-2-4-13(14)15/h2-7,14,16H,8-10H2,1H3. The Hall–Kier alpha value is -1.74. The Labute approximate surface area is 107 Å². The number of benzene rings is 1. The van der Waals surface area contributed by atoms with E-state index < -0.39 is 0 Å². The number of nitrogens with one attached hydrogen (secondary N) is 1. The zero-order valence-corrected chi connectivity index (χ0v) is 10.5. The molecule has 2 heterocycles. The fourth-order valence-electron chi connectivity index (χ4n) is 2.36. The molecule has 0 amide bonds. The second-order valence-corrected chi connectivity index (χ2v) is 4.62. The van der Waals surface area contributed by atoms with E-state index in [4.69, 9.17) is 9.15 Å². The van der Waals surface area contributed by atoms with Gasteiger partial charge in [-0.25, -0.2) is 0 Å². The van der Waals surface area contributed by atoms with Crippen molar-refractivity contribution in [3.8, 4) is 5.75 Å². The van der Waals surface area contributed by atoms with Crippen LogP contribution in [0, 0.1) is 6.92 Å². The molecule has 0 bridgehead atoms. The molecule has 18 heavy (non-hydrogen) atoms. The summed E-state index contributed by atoms with van der Waals surface area (Å²) in [5, 5.41) is 3.53. The Morgan fingerprint density at radius 3 is 2.94 bits per heavy atom. The van der Waals surface area contributed by atoms with E-state index in [0.717, 1.165) is 36.8 Å². The summed E-state index contributed by atoms with van der Waals surface area (Å²) < 4.78 is 11.2. The summed E-state index contributed by atoms with van der Waals surface area (Å²) in [4.78, 5) is 0. The van der Waals surface area contributed by atoms with E-state index >= 15 is 0 Å². The normalized spacial score (nSPS) is 18.2. The van der Waals surface area contributed by atoms with Gasteiger partial charge in [-0.1, -0.05) is 18.2 Å². The molecule has 3 rings (SSSR count). The average Bonchev–Trinajstić information content (AvgIpc) is 2.82. The summed E-state index contributed by atoms with van der Waals surface area (Å²) >= 11 is 0. The molecule has 94 valence electrons. The van der Waals surface area contributed by atoms with E-state index in [0.29, 0.717) is 6.04 Å². The Kier molecular flexibility index (Phi) is 3.07. The average molecular weight is 243 g/mol. The summed E-state index contributed by atoms with van der Waals surface area (Å²) in [5.41, 5.74) is 1.24. The van der Waals surface area contributed by atoms with Crippen LogP contribution in [0.25, 0.3) is 0 Å². The van der Waals surface area contributed by atoms with Gasteiger partial charge in [0.1, 0.15) is 17.3 Å². The molecule has 0 saturated carbocycles.